The van der Waals surface area contributed by atoms with E-state index >= 15 is 0 Å². The zero-order valence-electron chi connectivity index (χ0n) is 13.3. The molecule has 0 aliphatic carbocycles. The van der Waals surface area contributed by atoms with E-state index in [0.717, 1.165) is 5.56 Å². The summed E-state index contributed by atoms with van der Waals surface area (Å²) in [5.74, 6) is -0.0341. The Kier molecular flexibility index (Phi) is 6.09. The molecule has 4 nitrogen and oxygen atoms in total. The van der Waals surface area contributed by atoms with Gasteiger partial charge in [0.1, 0.15) is 5.75 Å². The molecule has 24 heavy (non-hydrogen) atoms. The van der Waals surface area contributed by atoms with Crippen LogP contribution >= 0.6 is 0 Å². The van der Waals surface area contributed by atoms with E-state index in [2.05, 4.69) is 0 Å². The first-order valence-electron chi connectivity index (χ1n) is 7.46. The van der Waals surface area contributed by atoms with E-state index in [9.17, 15) is 13.2 Å². The molecule has 0 saturated carbocycles. The monoisotopic (exact) mass is 342 g/mol. The number of hydrogen-bond acceptors (Lipinski definition) is 4. The second-order valence-corrected chi connectivity index (χ2v) is 6.84. The molecule has 0 N–H and O–H groups in total. The van der Waals surface area contributed by atoms with Crippen molar-refractivity contribution >= 4 is 28.1 Å². The highest BCUT2D eigenvalue weighted by molar-refractivity contribution is 7.87. The predicted octanol–water partition coefficient (Wildman–Crippen LogP) is 3.71. The van der Waals surface area contributed by atoms with Crippen molar-refractivity contribution in [3.8, 4) is 5.75 Å². The molecule has 0 aromatic heterocycles. The zero-order valence-corrected chi connectivity index (χ0v) is 14.1. The summed E-state index contributed by atoms with van der Waals surface area (Å²) in [6, 6.07) is 16.1. The quantitative estimate of drug-likeness (QED) is 0.568. The highest BCUT2D eigenvalue weighted by atomic mass is 32.2. The third-order valence-corrected chi connectivity index (χ3v) is 4.27. The summed E-state index contributed by atoms with van der Waals surface area (Å²) >= 11 is 0. The van der Waals surface area contributed by atoms with Crippen molar-refractivity contribution in [2.24, 2.45) is 0 Å². The largest absolute Gasteiger partial charge is 0.382 e. The maximum Gasteiger partial charge on any atom is 0.308 e. The smallest absolute Gasteiger partial charge is 0.308 e. The van der Waals surface area contributed by atoms with Gasteiger partial charge in [-0.25, -0.2) is 0 Å². The van der Waals surface area contributed by atoms with Crippen molar-refractivity contribution in [3.05, 3.63) is 77.9 Å². The molecule has 0 heterocycles. The van der Waals surface area contributed by atoms with Crippen LogP contribution in [0.1, 0.15) is 18.1 Å². The second kappa shape index (κ2) is 8.26. The van der Waals surface area contributed by atoms with Gasteiger partial charge >= 0.3 is 10.1 Å². The highest BCUT2D eigenvalue weighted by Gasteiger charge is 2.08. The fraction of sp³-hybridized carbons (Fsp3) is 0.105. The van der Waals surface area contributed by atoms with Gasteiger partial charge in [-0.05, 0) is 42.3 Å². The first kappa shape index (κ1) is 17.7. The molecule has 0 bridgehead atoms. The number of carbonyl (C=O) groups excluding carboxylic acids is 1. The van der Waals surface area contributed by atoms with Crippen molar-refractivity contribution in [1.82, 2.24) is 0 Å². The number of allylic oxidation sites excluding steroid dienone is 2. The van der Waals surface area contributed by atoms with Crippen LogP contribution in [0.4, 0.5) is 0 Å². The Morgan fingerprint density at radius 3 is 2.25 bits per heavy atom. The molecule has 0 fully saturated rings. The molecule has 0 spiro atoms. The summed E-state index contributed by atoms with van der Waals surface area (Å²) in [7, 11) is -3.56. The van der Waals surface area contributed by atoms with Gasteiger partial charge in [0.25, 0.3) is 0 Å². The molecule has 0 radical (unpaired) electrons. The lowest BCUT2D eigenvalue weighted by Crippen LogP contribution is -2.11. The highest BCUT2D eigenvalue weighted by Crippen LogP contribution is 2.16. The van der Waals surface area contributed by atoms with E-state index in [1.165, 1.54) is 19.1 Å². The third-order valence-electron chi connectivity index (χ3n) is 3.11. The molecule has 0 aliphatic rings. The molecule has 0 unspecified atom stereocenters. The summed E-state index contributed by atoms with van der Waals surface area (Å²) in [5, 5.41) is 0. The minimum atomic E-state index is -3.56. The fourth-order valence-corrected chi connectivity index (χ4v) is 2.37. The standard InChI is InChI=1S/C19H18O4S/c1-2-24(21,22)23-19-10-6-9-17(15-19)12-14-18(20)13-11-16-7-4-3-5-8-16/h3-15H,2H2,1H3/b13-11+,14-12+. The lowest BCUT2D eigenvalue weighted by atomic mass is 10.1. The van der Waals surface area contributed by atoms with Gasteiger partial charge < -0.3 is 4.18 Å². The van der Waals surface area contributed by atoms with Gasteiger partial charge in [-0.3, -0.25) is 4.79 Å². The van der Waals surface area contributed by atoms with Crippen LogP contribution in [0.3, 0.4) is 0 Å². The van der Waals surface area contributed by atoms with Crippen molar-refractivity contribution in [3.63, 3.8) is 0 Å². The van der Waals surface area contributed by atoms with Crippen molar-refractivity contribution < 1.29 is 17.4 Å². The predicted molar refractivity (Wildman–Crippen MR) is 96.0 cm³/mol. The number of carbonyl (C=O) groups is 1. The third kappa shape index (κ3) is 5.85. The molecule has 2 rings (SSSR count). The summed E-state index contributed by atoms with van der Waals surface area (Å²) in [6.45, 7) is 1.51. The van der Waals surface area contributed by atoms with E-state index in [4.69, 9.17) is 4.18 Å². The maximum absolute atomic E-state index is 11.8. The summed E-state index contributed by atoms with van der Waals surface area (Å²) in [6.07, 6.45) is 6.25. The second-order valence-electron chi connectivity index (χ2n) is 4.98. The van der Waals surface area contributed by atoms with Crippen LogP contribution in [0.5, 0.6) is 5.75 Å². The van der Waals surface area contributed by atoms with Crippen molar-refractivity contribution in [1.29, 1.82) is 0 Å². The van der Waals surface area contributed by atoms with Crippen molar-refractivity contribution in [2.45, 2.75) is 6.92 Å². The lowest BCUT2D eigenvalue weighted by molar-refractivity contribution is -0.110. The van der Waals surface area contributed by atoms with Gasteiger partial charge in [0.2, 0.25) is 0 Å². The lowest BCUT2D eigenvalue weighted by Gasteiger charge is -2.05. The van der Waals surface area contributed by atoms with Crippen LogP contribution in [-0.2, 0) is 14.9 Å². The number of hydrogen-bond donors (Lipinski definition) is 0. The molecule has 0 amide bonds. The van der Waals surface area contributed by atoms with Crippen LogP contribution in [0.25, 0.3) is 12.2 Å². The van der Waals surface area contributed by atoms with Crippen LogP contribution < -0.4 is 4.18 Å². The normalized spacial score (nSPS) is 11.9. The van der Waals surface area contributed by atoms with Gasteiger partial charge in [0, 0.05) is 0 Å². The Labute approximate surface area is 142 Å². The zero-order chi connectivity index (χ0) is 17.4. The Hall–Kier alpha value is -2.66. The van der Waals surface area contributed by atoms with Gasteiger partial charge in [-0.2, -0.15) is 8.42 Å². The molecule has 0 aliphatic heterocycles. The molecule has 124 valence electrons. The van der Waals surface area contributed by atoms with Crippen LogP contribution in [0, 0.1) is 0 Å². The van der Waals surface area contributed by atoms with E-state index in [0.29, 0.717) is 5.56 Å². The molecule has 2 aromatic rings. The Morgan fingerprint density at radius 2 is 1.58 bits per heavy atom. The minimum absolute atomic E-state index is 0.101. The first-order chi connectivity index (χ1) is 11.5. The maximum atomic E-state index is 11.8. The molecular formula is C19H18O4S. The van der Waals surface area contributed by atoms with Gasteiger partial charge in [0.15, 0.2) is 5.78 Å². The Balaban J connectivity index is 2.03. The van der Waals surface area contributed by atoms with E-state index in [1.807, 2.05) is 30.3 Å². The first-order valence-corrected chi connectivity index (χ1v) is 9.03. The molecule has 0 saturated heterocycles. The average Bonchev–Trinajstić information content (AvgIpc) is 2.59. The van der Waals surface area contributed by atoms with Gasteiger partial charge in [-0.15, -0.1) is 0 Å². The van der Waals surface area contributed by atoms with Gasteiger partial charge in [0.05, 0.1) is 5.75 Å². The van der Waals surface area contributed by atoms with Crippen LogP contribution in [0.2, 0.25) is 0 Å². The molecule has 0 atom stereocenters. The number of rotatable bonds is 7. The summed E-state index contributed by atoms with van der Waals surface area (Å²) in [4.78, 5) is 11.8. The van der Waals surface area contributed by atoms with E-state index in [-0.39, 0.29) is 17.3 Å². The van der Waals surface area contributed by atoms with Gasteiger partial charge in [-0.1, -0.05) is 54.6 Å². The molecular weight excluding hydrogens is 324 g/mol. The van der Waals surface area contributed by atoms with Crippen molar-refractivity contribution in [2.75, 3.05) is 5.75 Å². The number of benzene rings is 2. The average molecular weight is 342 g/mol. The molecule has 2 aromatic carbocycles. The van der Waals surface area contributed by atoms with E-state index < -0.39 is 10.1 Å². The summed E-state index contributed by atoms with van der Waals surface area (Å²) < 4.78 is 27.9. The minimum Gasteiger partial charge on any atom is -0.382 e. The van der Waals surface area contributed by atoms with E-state index in [1.54, 1.807) is 36.4 Å². The van der Waals surface area contributed by atoms with Crippen LogP contribution in [0.15, 0.2) is 66.7 Å². The topological polar surface area (TPSA) is 60.4 Å². The fourth-order valence-electron chi connectivity index (χ4n) is 1.85. The number of ketones is 1. The molecule has 5 heteroatoms. The Bertz CT molecular complexity index is 850. The summed E-state index contributed by atoms with van der Waals surface area (Å²) in [5.41, 5.74) is 1.62. The SMILES string of the molecule is CCS(=O)(=O)Oc1cccc(/C=C/C(=O)/C=C/c2ccccc2)c1. The van der Waals surface area contributed by atoms with Crippen LogP contribution in [-0.4, -0.2) is 20.0 Å². The Morgan fingerprint density at radius 1 is 0.958 bits per heavy atom.